The SMILES string of the molecule is CCc1nnc([N-]S(=O)(=O)c2ccc(NC(=O)C=Cc3ccccc3Cl)cc2)s1. The molecule has 1 aromatic heterocycles. The van der Waals surface area contributed by atoms with E-state index < -0.39 is 10.0 Å². The van der Waals surface area contributed by atoms with Crippen molar-refractivity contribution in [2.45, 2.75) is 18.2 Å². The van der Waals surface area contributed by atoms with Gasteiger partial charge in [0.2, 0.25) is 15.9 Å². The highest BCUT2D eigenvalue weighted by Crippen LogP contribution is 2.31. The van der Waals surface area contributed by atoms with Crippen molar-refractivity contribution in [2.75, 3.05) is 5.32 Å². The van der Waals surface area contributed by atoms with Crippen LogP contribution in [0.1, 0.15) is 17.5 Å². The van der Waals surface area contributed by atoms with Crippen LogP contribution in [0.3, 0.4) is 0 Å². The molecule has 150 valence electrons. The second-order valence-corrected chi connectivity index (χ2v) is 8.82. The Morgan fingerprint density at radius 3 is 2.55 bits per heavy atom. The van der Waals surface area contributed by atoms with E-state index in [-0.39, 0.29) is 15.9 Å². The molecule has 1 N–H and O–H groups in total. The molecule has 1 heterocycles. The first-order chi connectivity index (χ1) is 13.9. The highest BCUT2D eigenvalue weighted by atomic mass is 35.5. The highest BCUT2D eigenvalue weighted by molar-refractivity contribution is 7.94. The van der Waals surface area contributed by atoms with Crippen molar-refractivity contribution in [3.8, 4) is 0 Å². The van der Waals surface area contributed by atoms with Gasteiger partial charge >= 0.3 is 0 Å². The fourth-order valence-electron chi connectivity index (χ4n) is 2.25. The molecule has 10 heteroatoms. The van der Waals surface area contributed by atoms with Crippen molar-refractivity contribution in [3.05, 3.63) is 74.9 Å². The Kier molecular flexibility index (Phi) is 6.63. The van der Waals surface area contributed by atoms with Crippen LogP contribution in [-0.4, -0.2) is 24.5 Å². The number of aryl methyl sites for hydroxylation is 1. The van der Waals surface area contributed by atoms with Gasteiger partial charge in [0.1, 0.15) is 0 Å². The predicted molar refractivity (Wildman–Crippen MR) is 115 cm³/mol. The molecule has 0 fully saturated rings. The Balaban J connectivity index is 1.64. The third kappa shape index (κ3) is 5.63. The summed E-state index contributed by atoms with van der Waals surface area (Å²) in [5.41, 5.74) is 1.16. The Hall–Kier alpha value is -2.75. The topological polar surface area (TPSA) is 103 Å². The molecule has 0 atom stereocenters. The standard InChI is InChI=1S/C19H17ClN4O3S2/c1-2-18-22-23-19(28-18)24-29(26,27)15-10-8-14(9-11-15)21-17(25)12-7-13-5-3-4-6-16(13)20/h3-12H,2H2,1H3,(H2,21,23,24,25)/p-1. The minimum Gasteiger partial charge on any atom is -0.342 e. The van der Waals surface area contributed by atoms with Gasteiger partial charge in [0.25, 0.3) is 0 Å². The predicted octanol–water partition coefficient (Wildman–Crippen LogP) is 4.80. The maximum Gasteiger partial charge on any atom is 0.248 e. The lowest BCUT2D eigenvalue weighted by Crippen LogP contribution is -2.08. The largest absolute Gasteiger partial charge is 0.342 e. The van der Waals surface area contributed by atoms with Gasteiger partial charge in [-0.3, -0.25) is 9.89 Å². The van der Waals surface area contributed by atoms with Gasteiger partial charge in [0.05, 0.1) is 9.90 Å². The smallest absolute Gasteiger partial charge is 0.248 e. The number of anilines is 1. The Bertz CT molecular complexity index is 1140. The van der Waals surface area contributed by atoms with Gasteiger partial charge in [-0.05, 0) is 48.4 Å². The van der Waals surface area contributed by atoms with E-state index in [1.807, 2.05) is 13.0 Å². The zero-order valence-electron chi connectivity index (χ0n) is 15.2. The zero-order valence-corrected chi connectivity index (χ0v) is 17.6. The van der Waals surface area contributed by atoms with Crippen LogP contribution in [0.4, 0.5) is 10.8 Å². The number of rotatable bonds is 7. The number of aromatic nitrogens is 2. The van der Waals surface area contributed by atoms with E-state index in [1.54, 1.807) is 24.3 Å². The molecule has 1 amide bonds. The molecular formula is C19H16ClN4O3S2-. The molecule has 2 aromatic carbocycles. The van der Waals surface area contributed by atoms with Crippen molar-refractivity contribution in [2.24, 2.45) is 0 Å². The number of hydrogen-bond acceptors (Lipinski definition) is 6. The molecule has 3 aromatic rings. The van der Waals surface area contributed by atoms with E-state index in [1.165, 1.54) is 30.3 Å². The lowest BCUT2D eigenvalue weighted by atomic mass is 10.2. The second kappa shape index (κ2) is 9.17. The summed E-state index contributed by atoms with van der Waals surface area (Å²) in [5, 5.41) is 11.6. The summed E-state index contributed by atoms with van der Waals surface area (Å²) in [6.45, 7) is 1.90. The Labute approximate surface area is 177 Å². The number of nitrogens with zero attached hydrogens (tertiary/aromatic N) is 3. The van der Waals surface area contributed by atoms with Crippen molar-refractivity contribution in [1.29, 1.82) is 0 Å². The molecule has 7 nitrogen and oxygen atoms in total. The molecule has 0 saturated heterocycles. The van der Waals surface area contributed by atoms with Gasteiger partial charge in [0, 0.05) is 21.9 Å². The van der Waals surface area contributed by atoms with Crippen LogP contribution in [-0.2, 0) is 21.2 Å². The maximum atomic E-state index is 12.4. The van der Waals surface area contributed by atoms with Gasteiger partial charge < -0.3 is 15.1 Å². The van der Waals surface area contributed by atoms with Crippen molar-refractivity contribution in [3.63, 3.8) is 0 Å². The number of nitrogens with one attached hydrogen (secondary N) is 1. The molecule has 0 radical (unpaired) electrons. The lowest BCUT2D eigenvalue weighted by molar-refractivity contribution is -0.111. The number of halogens is 1. The number of sulfonamides is 1. The van der Waals surface area contributed by atoms with Crippen LogP contribution >= 0.6 is 22.9 Å². The first kappa shape index (κ1) is 21.0. The Morgan fingerprint density at radius 2 is 1.90 bits per heavy atom. The van der Waals surface area contributed by atoms with Gasteiger partial charge in [0.15, 0.2) is 0 Å². The maximum absolute atomic E-state index is 12.4. The molecule has 0 aliphatic carbocycles. The fraction of sp³-hybridized carbons (Fsp3) is 0.105. The second-order valence-electron chi connectivity index (χ2n) is 5.77. The monoisotopic (exact) mass is 447 g/mol. The molecule has 0 aliphatic heterocycles. The molecule has 3 rings (SSSR count). The van der Waals surface area contributed by atoms with E-state index in [4.69, 9.17) is 11.6 Å². The summed E-state index contributed by atoms with van der Waals surface area (Å²) in [4.78, 5) is 12.1. The number of carbonyl (C=O) groups is 1. The molecule has 0 bridgehead atoms. The van der Waals surface area contributed by atoms with Gasteiger partial charge in [-0.15, -0.1) is 11.3 Å². The molecule has 0 saturated carbocycles. The zero-order chi connectivity index (χ0) is 20.9. The molecule has 29 heavy (non-hydrogen) atoms. The van der Waals surface area contributed by atoms with Crippen molar-refractivity contribution >= 4 is 55.8 Å². The summed E-state index contributed by atoms with van der Waals surface area (Å²) in [6, 6.07) is 12.9. The van der Waals surface area contributed by atoms with E-state index in [0.717, 1.165) is 16.9 Å². The molecule has 0 spiro atoms. The van der Waals surface area contributed by atoms with Crippen LogP contribution in [0.5, 0.6) is 0 Å². The van der Waals surface area contributed by atoms with Crippen LogP contribution < -0.4 is 5.32 Å². The lowest BCUT2D eigenvalue weighted by Gasteiger charge is -2.11. The van der Waals surface area contributed by atoms with Crippen LogP contribution in [0, 0.1) is 0 Å². The van der Waals surface area contributed by atoms with E-state index >= 15 is 0 Å². The average molecular weight is 448 g/mol. The van der Waals surface area contributed by atoms with Gasteiger partial charge in [-0.25, -0.2) is 8.42 Å². The molecule has 0 aliphatic rings. The summed E-state index contributed by atoms with van der Waals surface area (Å²) < 4.78 is 28.5. The molecule has 0 unspecified atom stereocenters. The normalized spacial score (nSPS) is 11.5. The van der Waals surface area contributed by atoms with Crippen molar-refractivity contribution < 1.29 is 13.2 Å². The minimum absolute atomic E-state index is 0.00430. The van der Waals surface area contributed by atoms with Gasteiger partial charge in [-0.2, -0.15) is 0 Å². The van der Waals surface area contributed by atoms with E-state index in [0.29, 0.717) is 22.1 Å². The highest BCUT2D eigenvalue weighted by Gasteiger charge is 2.11. The number of carbonyl (C=O) groups excluding carboxylic acids is 1. The fourth-order valence-corrected chi connectivity index (χ4v) is 4.24. The van der Waals surface area contributed by atoms with Gasteiger partial charge in [-0.1, -0.05) is 36.7 Å². The summed E-state index contributed by atoms with van der Waals surface area (Å²) in [6.07, 6.45) is 3.61. The first-order valence-electron chi connectivity index (χ1n) is 8.51. The van der Waals surface area contributed by atoms with Crippen LogP contribution in [0.2, 0.25) is 5.02 Å². The Morgan fingerprint density at radius 1 is 1.17 bits per heavy atom. The summed E-state index contributed by atoms with van der Waals surface area (Å²) >= 11 is 7.17. The van der Waals surface area contributed by atoms with E-state index in [9.17, 15) is 13.2 Å². The first-order valence-corrected chi connectivity index (χ1v) is 11.1. The minimum atomic E-state index is -3.91. The van der Waals surface area contributed by atoms with E-state index in [2.05, 4.69) is 20.2 Å². The average Bonchev–Trinajstić information content (AvgIpc) is 3.14. The van der Waals surface area contributed by atoms with Crippen molar-refractivity contribution in [1.82, 2.24) is 10.2 Å². The summed E-state index contributed by atoms with van der Waals surface area (Å²) in [7, 11) is -3.91. The third-order valence-electron chi connectivity index (χ3n) is 3.70. The quantitative estimate of drug-likeness (QED) is 0.524. The number of hydrogen-bond donors (Lipinski definition) is 1. The third-order valence-corrected chi connectivity index (χ3v) is 6.40. The summed E-state index contributed by atoms with van der Waals surface area (Å²) in [5.74, 6) is -0.369. The number of benzene rings is 2. The van der Waals surface area contributed by atoms with Crippen LogP contribution in [0.25, 0.3) is 10.8 Å². The number of amides is 1. The molecular weight excluding hydrogens is 432 g/mol. The van der Waals surface area contributed by atoms with Crippen LogP contribution in [0.15, 0.2) is 59.5 Å².